The molecule has 1 aromatic rings. The lowest BCUT2D eigenvalue weighted by atomic mass is 10.2. The standard InChI is InChI=1S/C14H23N3O3S/c1-11(2)17(10-14(16)18)7-8-21(19,20)13-5-3-12(9-15)4-6-13/h3-6,11H,7-10,15H2,1-2H3,(H2,16,18). The predicted molar refractivity (Wildman–Crippen MR) is 82.3 cm³/mol. The van der Waals surface area contributed by atoms with E-state index in [-0.39, 0.29) is 29.8 Å². The average molecular weight is 313 g/mol. The molecular weight excluding hydrogens is 290 g/mol. The first kappa shape index (κ1) is 17.6. The Hall–Kier alpha value is -1.44. The second-order valence-corrected chi connectivity index (χ2v) is 7.31. The van der Waals surface area contributed by atoms with E-state index < -0.39 is 15.7 Å². The van der Waals surface area contributed by atoms with Crippen LogP contribution < -0.4 is 11.5 Å². The first-order valence-corrected chi connectivity index (χ1v) is 8.45. The van der Waals surface area contributed by atoms with Crippen LogP contribution in [0.5, 0.6) is 0 Å². The third kappa shape index (κ3) is 5.45. The van der Waals surface area contributed by atoms with E-state index in [4.69, 9.17) is 11.5 Å². The average Bonchev–Trinajstić information content (AvgIpc) is 2.43. The fraction of sp³-hybridized carbons (Fsp3) is 0.500. The van der Waals surface area contributed by atoms with Crippen molar-refractivity contribution in [2.75, 3.05) is 18.8 Å². The van der Waals surface area contributed by atoms with Crippen molar-refractivity contribution in [3.8, 4) is 0 Å². The third-order valence-corrected chi connectivity index (χ3v) is 4.97. The van der Waals surface area contributed by atoms with Crippen molar-refractivity contribution in [2.24, 2.45) is 11.5 Å². The third-order valence-electron chi connectivity index (χ3n) is 3.25. The van der Waals surface area contributed by atoms with Gasteiger partial charge in [-0.15, -0.1) is 0 Å². The maximum absolute atomic E-state index is 12.3. The Balaban J connectivity index is 2.76. The number of rotatable bonds is 8. The van der Waals surface area contributed by atoms with Gasteiger partial charge < -0.3 is 11.5 Å². The van der Waals surface area contributed by atoms with Crippen molar-refractivity contribution in [2.45, 2.75) is 31.3 Å². The number of hydrogen-bond donors (Lipinski definition) is 2. The maximum Gasteiger partial charge on any atom is 0.231 e. The molecule has 0 aromatic heterocycles. The minimum absolute atomic E-state index is 0.0484. The first-order chi connectivity index (χ1) is 9.76. The molecular formula is C14H23N3O3S. The number of benzene rings is 1. The Kier molecular flexibility index (Phi) is 6.32. The Bertz CT molecular complexity index is 568. The summed E-state index contributed by atoms with van der Waals surface area (Å²) in [6.07, 6.45) is 0. The molecule has 0 saturated carbocycles. The topological polar surface area (TPSA) is 106 Å². The number of primary amides is 1. The van der Waals surface area contributed by atoms with E-state index in [9.17, 15) is 13.2 Å². The molecule has 0 heterocycles. The summed E-state index contributed by atoms with van der Waals surface area (Å²) < 4.78 is 24.5. The summed E-state index contributed by atoms with van der Waals surface area (Å²) in [5.41, 5.74) is 11.5. The number of sulfone groups is 1. The number of nitrogens with two attached hydrogens (primary N) is 2. The molecule has 0 radical (unpaired) electrons. The monoisotopic (exact) mass is 313 g/mol. The van der Waals surface area contributed by atoms with Crippen LogP contribution in [0.1, 0.15) is 19.4 Å². The van der Waals surface area contributed by atoms with Crippen molar-refractivity contribution < 1.29 is 13.2 Å². The van der Waals surface area contributed by atoms with Gasteiger partial charge in [-0.05, 0) is 31.5 Å². The minimum Gasteiger partial charge on any atom is -0.369 e. The largest absolute Gasteiger partial charge is 0.369 e. The van der Waals surface area contributed by atoms with Crippen molar-refractivity contribution in [3.63, 3.8) is 0 Å². The summed E-state index contributed by atoms with van der Waals surface area (Å²) in [4.78, 5) is 13.0. The Morgan fingerprint density at radius 3 is 2.24 bits per heavy atom. The normalized spacial score (nSPS) is 12.0. The fourth-order valence-electron chi connectivity index (χ4n) is 1.91. The second-order valence-electron chi connectivity index (χ2n) is 5.20. The number of carbonyl (C=O) groups is 1. The van der Waals surface area contributed by atoms with Crippen LogP contribution in [-0.4, -0.2) is 44.1 Å². The van der Waals surface area contributed by atoms with Crippen molar-refractivity contribution in [3.05, 3.63) is 29.8 Å². The molecule has 7 heteroatoms. The summed E-state index contributed by atoms with van der Waals surface area (Å²) in [7, 11) is -3.38. The molecule has 0 aliphatic rings. The van der Waals surface area contributed by atoms with Crippen LogP contribution in [0, 0.1) is 0 Å². The highest BCUT2D eigenvalue weighted by Gasteiger charge is 2.19. The molecule has 118 valence electrons. The first-order valence-electron chi connectivity index (χ1n) is 6.80. The van der Waals surface area contributed by atoms with E-state index >= 15 is 0 Å². The molecule has 1 rings (SSSR count). The number of nitrogens with zero attached hydrogens (tertiary/aromatic N) is 1. The summed E-state index contributed by atoms with van der Waals surface area (Å²) in [6, 6.07) is 6.58. The van der Waals surface area contributed by atoms with Gasteiger partial charge in [-0.25, -0.2) is 8.42 Å². The molecule has 0 saturated heterocycles. The van der Waals surface area contributed by atoms with Crippen molar-refractivity contribution in [1.29, 1.82) is 0 Å². The van der Waals surface area contributed by atoms with Gasteiger partial charge in [-0.2, -0.15) is 0 Å². The fourth-order valence-corrected chi connectivity index (χ4v) is 3.17. The quantitative estimate of drug-likeness (QED) is 0.708. The van der Waals surface area contributed by atoms with Crippen LogP contribution in [0.4, 0.5) is 0 Å². The van der Waals surface area contributed by atoms with E-state index in [1.165, 1.54) is 0 Å². The molecule has 0 fully saturated rings. The Morgan fingerprint density at radius 1 is 1.24 bits per heavy atom. The van der Waals surface area contributed by atoms with Crippen molar-refractivity contribution in [1.82, 2.24) is 4.90 Å². The van der Waals surface area contributed by atoms with Gasteiger partial charge >= 0.3 is 0 Å². The maximum atomic E-state index is 12.3. The van der Waals surface area contributed by atoms with Crippen LogP contribution in [-0.2, 0) is 21.2 Å². The van der Waals surface area contributed by atoms with Crippen LogP contribution >= 0.6 is 0 Å². The summed E-state index contributed by atoms with van der Waals surface area (Å²) in [5.74, 6) is -0.520. The Labute approximate surface area is 126 Å². The predicted octanol–water partition coefficient (Wildman–Crippen LogP) is 0.115. The highest BCUT2D eigenvalue weighted by atomic mass is 32.2. The molecule has 4 N–H and O–H groups in total. The molecule has 0 aliphatic heterocycles. The lowest BCUT2D eigenvalue weighted by Crippen LogP contribution is -2.41. The number of amides is 1. The smallest absolute Gasteiger partial charge is 0.231 e. The molecule has 0 unspecified atom stereocenters. The summed E-state index contributed by atoms with van der Waals surface area (Å²) >= 11 is 0. The zero-order chi connectivity index (χ0) is 16.0. The van der Waals surface area contributed by atoms with Gasteiger partial charge in [0.15, 0.2) is 9.84 Å². The van der Waals surface area contributed by atoms with Crippen LogP contribution in [0.2, 0.25) is 0 Å². The molecule has 1 amide bonds. The van der Waals surface area contributed by atoms with Gasteiger partial charge in [0.2, 0.25) is 5.91 Å². The molecule has 0 bridgehead atoms. The number of carbonyl (C=O) groups excluding carboxylic acids is 1. The number of hydrogen-bond acceptors (Lipinski definition) is 5. The van der Waals surface area contributed by atoms with Gasteiger partial charge in [-0.1, -0.05) is 12.1 Å². The van der Waals surface area contributed by atoms with Gasteiger partial charge in [0.25, 0.3) is 0 Å². The lowest BCUT2D eigenvalue weighted by molar-refractivity contribution is -0.119. The van der Waals surface area contributed by atoms with Crippen LogP contribution in [0.3, 0.4) is 0 Å². The molecule has 0 aliphatic carbocycles. The second kappa shape index (κ2) is 7.53. The SMILES string of the molecule is CC(C)N(CCS(=O)(=O)c1ccc(CN)cc1)CC(N)=O. The zero-order valence-electron chi connectivity index (χ0n) is 12.5. The van der Waals surface area contributed by atoms with Crippen LogP contribution in [0.15, 0.2) is 29.2 Å². The Morgan fingerprint density at radius 2 is 1.81 bits per heavy atom. The molecule has 1 aromatic carbocycles. The van der Waals surface area contributed by atoms with Gasteiger partial charge in [0, 0.05) is 19.1 Å². The van der Waals surface area contributed by atoms with E-state index in [2.05, 4.69) is 0 Å². The van der Waals surface area contributed by atoms with E-state index in [0.29, 0.717) is 6.54 Å². The van der Waals surface area contributed by atoms with Gasteiger partial charge in [-0.3, -0.25) is 9.69 Å². The highest BCUT2D eigenvalue weighted by molar-refractivity contribution is 7.91. The molecule has 0 atom stereocenters. The van der Waals surface area contributed by atoms with E-state index in [1.807, 2.05) is 13.8 Å². The molecule has 21 heavy (non-hydrogen) atoms. The zero-order valence-corrected chi connectivity index (χ0v) is 13.3. The highest BCUT2D eigenvalue weighted by Crippen LogP contribution is 2.13. The van der Waals surface area contributed by atoms with E-state index in [1.54, 1.807) is 29.2 Å². The van der Waals surface area contributed by atoms with Gasteiger partial charge in [0.05, 0.1) is 17.2 Å². The van der Waals surface area contributed by atoms with Crippen molar-refractivity contribution >= 4 is 15.7 Å². The van der Waals surface area contributed by atoms with E-state index in [0.717, 1.165) is 5.56 Å². The lowest BCUT2D eigenvalue weighted by Gasteiger charge is -2.24. The molecule has 0 spiro atoms. The molecule has 6 nitrogen and oxygen atoms in total. The summed E-state index contributed by atoms with van der Waals surface area (Å²) in [5, 5.41) is 0. The minimum atomic E-state index is -3.38. The summed E-state index contributed by atoms with van der Waals surface area (Å²) in [6.45, 7) is 4.48. The van der Waals surface area contributed by atoms with Gasteiger partial charge in [0.1, 0.15) is 0 Å². The van der Waals surface area contributed by atoms with Crippen LogP contribution in [0.25, 0.3) is 0 Å².